The predicted molar refractivity (Wildman–Crippen MR) is 81.5 cm³/mol. The molecule has 0 aliphatic carbocycles. The topological polar surface area (TPSA) is 73.1 Å². The van der Waals surface area contributed by atoms with E-state index in [1.807, 2.05) is 30.3 Å². The van der Waals surface area contributed by atoms with Crippen molar-refractivity contribution in [2.24, 2.45) is 0 Å². The van der Waals surface area contributed by atoms with Gasteiger partial charge in [-0.2, -0.15) is 0 Å². The molecule has 0 saturated carbocycles. The molecule has 5 nitrogen and oxygen atoms in total. The Balaban J connectivity index is 2.17. The van der Waals surface area contributed by atoms with Crippen LogP contribution in [0.25, 0.3) is 11.4 Å². The number of nitrogens with two attached hydrogens (primary N) is 1. The normalized spacial score (nSPS) is 12.1. The minimum atomic E-state index is 0.257. The first kappa shape index (κ1) is 14.3. The highest BCUT2D eigenvalue weighted by Gasteiger charge is 2.07. The van der Waals surface area contributed by atoms with E-state index in [1.54, 1.807) is 13.2 Å². The second kappa shape index (κ2) is 6.86. The number of hydrogen-bond acceptors (Lipinski definition) is 5. The van der Waals surface area contributed by atoms with Gasteiger partial charge in [-0.1, -0.05) is 30.3 Å². The lowest BCUT2D eigenvalue weighted by atomic mass is 10.2. The number of methoxy groups -OCH3 is 1. The van der Waals surface area contributed by atoms with Gasteiger partial charge in [0.05, 0.1) is 0 Å². The van der Waals surface area contributed by atoms with Gasteiger partial charge in [0.1, 0.15) is 11.6 Å². The monoisotopic (exact) mass is 272 g/mol. The van der Waals surface area contributed by atoms with E-state index in [0.717, 1.165) is 17.8 Å². The second-order valence-corrected chi connectivity index (χ2v) is 4.69. The average molecular weight is 272 g/mol. The molecule has 106 valence electrons. The van der Waals surface area contributed by atoms with E-state index in [2.05, 4.69) is 22.2 Å². The largest absolute Gasteiger partial charge is 0.385 e. The fourth-order valence-electron chi connectivity index (χ4n) is 1.88. The maximum Gasteiger partial charge on any atom is 0.163 e. The van der Waals surface area contributed by atoms with Gasteiger partial charge in [-0.05, 0) is 13.3 Å². The summed E-state index contributed by atoms with van der Waals surface area (Å²) >= 11 is 0. The summed E-state index contributed by atoms with van der Waals surface area (Å²) in [4.78, 5) is 8.78. The molecule has 20 heavy (non-hydrogen) atoms. The van der Waals surface area contributed by atoms with Crippen molar-refractivity contribution in [1.82, 2.24) is 9.97 Å². The molecular weight excluding hydrogens is 252 g/mol. The van der Waals surface area contributed by atoms with Crippen molar-refractivity contribution in [1.29, 1.82) is 0 Å². The molecule has 1 aromatic carbocycles. The van der Waals surface area contributed by atoms with Crippen molar-refractivity contribution >= 4 is 11.6 Å². The minimum absolute atomic E-state index is 0.257. The molecule has 1 aromatic heterocycles. The summed E-state index contributed by atoms with van der Waals surface area (Å²) in [5.41, 5.74) is 6.81. The van der Waals surface area contributed by atoms with Crippen LogP contribution in [0.2, 0.25) is 0 Å². The zero-order valence-corrected chi connectivity index (χ0v) is 11.8. The van der Waals surface area contributed by atoms with Crippen LogP contribution in [0.15, 0.2) is 36.4 Å². The van der Waals surface area contributed by atoms with Gasteiger partial charge in [0.2, 0.25) is 0 Å². The van der Waals surface area contributed by atoms with Crippen molar-refractivity contribution in [3.05, 3.63) is 36.4 Å². The van der Waals surface area contributed by atoms with E-state index < -0.39 is 0 Å². The molecule has 2 rings (SSSR count). The van der Waals surface area contributed by atoms with Gasteiger partial charge in [0, 0.05) is 31.4 Å². The van der Waals surface area contributed by atoms with E-state index in [9.17, 15) is 0 Å². The zero-order chi connectivity index (χ0) is 14.4. The van der Waals surface area contributed by atoms with Crippen LogP contribution in [-0.4, -0.2) is 29.7 Å². The average Bonchev–Trinajstić information content (AvgIpc) is 2.45. The standard InChI is InChI=1S/C15H20N4O/c1-11(8-9-20-2)17-14-10-13(16)18-15(19-14)12-6-4-3-5-7-12/h3-7,10-11H,8-9H2,1-2H3,(H3,16,17,18,19). The molecule has 1 heterocycles. The third kappa shape index (κ3) is 3.93. The van der Waals surface area contributed by atoms with Gasteiger partial charge in [-0.25, -0.2) is 9.97 Å². The van der Waals surface area contributed by atoms with Crippen LogP contribution >= 0.6 is 0 Å². The lowest BCUT2D eigenvalue weighted by Crippen LogP contribution is -2.18. The summed E-state index contributed by atoms with van der Waals surface area (Å²) in [5.74, 6) is 1.83. The fraction of sp³-hybridized carbons (Fsp3) is 0.333. The van der Waals surface area contributed by atoms with Crippen LogP contribution in [0, 0.1) is 0 Å². The molecule has 0 aliphatic rings. The smallest absolute Gasteiger partial charge is 0.163 e. The van der Waals surface area contributed by atoms with E-state index in [4.69, 9.17) is 10.5 Å². The van der Waals surface area contributed by atoms with Crippen LogP contribution < -0.4 is 11.1 Å². The number of nitrogen functional groups attached to an aromatic ring is 1. The molecule has 1 atom stereocenters. The summed E-state index contributed by atoms with van der Waals surface area (Å²) in [6, 6.07) is 11.8. The highest BCUT2D eigenvalue weighted by molar-refractivity contribution is 5.60. The van der Waals surface area contributed by atoms with Gasteiger partial charge in [-0.3, -0.25) is 0 Å². The summed E-state index contributed by atoms with van der Waals surface area (Å²) < 4.78 is 5.07. The van der Waals surface area contributed by atoms with Crippen LogP contribution in [0.5, 0.6) is 0 Å². The van der Waals surface area contributed by atoms with Crippen molar-refractivity contribution in [2.45, 2.75) is 19.4 Å². The number of anilines is 2. The predicted octanol–water partition coefficient (Wildman–Crippen LogP) is 2.56. The summed E-state index contributed by atoms with van der Waals surface area (Å²) in [7, 11) is 1.70. The quantitative estimate of drug-likeness (QED) is 0.845. The molecule has 2 aromatic rings. The molecule has 0 saturated heterocycles. The molecule has 1 unspecified atom stereocenters. The molecule has 0 radical (unpaired) electrons. The van der Waals surface area contributed by atoms with Crippen molar-refractivity contribution in [2.75, 3.05) is 24.8 Å². The number of benzene rings is 1. The highest BCUT2D eigenvalue weighted by atomic mass is 16.5. The Hall–Kier alpha value is -2.14. The van der Waals surface area contributed by atoms with Crippen LogP contribution in [0.1, 0.15) is 13.3 Å². The molecular formula is C15H20N4O. The third-order valence-corrected chi connectivity index (χ3v) is 2.93. The SMILES string of the molecule is COCCC(C)Nc1cc(N)nc(-c2ccccc2)n1. The number of rotatable bonds is 6. The van der Waals surface area contributed by atoms with Crippen molar-refractivity contribution < 1.29 is 4.74 Å². The lowest BCUT2D eigenvalue weighted by Gasteiger charge is -2.15. The van der Waals surface area contributed by atoms with Gasteiger partial charge in [0.25, 0.3) is 0 Å². The molecule has 0 spiro atoms. The Morgan fingerprint density at radius 1 is 1.25 bits per heavy atom. The van der Waals surface area contributed by atoms with Crippen LogP contribution in [-0.2, 0) is 4.74 Å². The lowest BCUT2D eigenvalue weighted by molar-refractivity contribution is 0.191. The Morgan fingerprint density at radius 2 is 2.00 bits per heavy atom. The number of nitrogens with zero attached hydrogens (tertiary/aromatic N) is 2. The first-order valence-corrected chi connectivity index (χ1v) is 6.64. The summed E-state index contributed by atoms with van der Waals surface area (Å²) in [6.07, 6.45) is 0.904. The van der Waals surface area contributed by atoms with E-state index >= 15 is 0 Å². The molecule has 0 amide bonds. The zero-order valence-electron chi connectivity index (χ0n) is 11.8. The van der Waals surface area contributed by atoms with Crippen LogP contribution in [0.3, 0.4) is 0 Å². The Bertz CT molecular complexity index is 545. The second-order valence-electron chi connectivity index (χ2n) is 4.69. The van der Waals surface area contributed by atoms with Gasteiger partial charge in [0.15, 0.2) is 5.82 Å². The van der Waals surface area contributed by atoms with Crippen LogP contribution in [0.4, 0.5) is 11.6 Å². The summed E-state index contributed by atoms with van der Waals surface area (Å²) in [6.45, 7) is 2.79. The summed E-state index contributed by atoms with van der Waals surface area (Å²) in [5, 5.41) is 3.32. The Labute approximate surface area is 119 Å². The van der Waals surface area contributed by atoms with Gasteiger partial charge in [-0.15, -0.1) is 0 Å². The Kier molecular flexibility index (Phi) is 4.90. The molecule has 0 bridgehead atoms. The molecule has 3 N–H and O–H groups in total. The third-order valence-electron chi connectivity index (χ3n) is 2.93. The highest BCUT2D eigenvalue weighted by Crippen LogP contribution is 2.19. The van der Waals surface area contributed by atoms with E-state index in [0.29, 0.717) is 18.2 Å². The number of nitrogens with one attached hydrogen (secondary N) is 1. The molecule has 5 heteroatoms. The number of ether oxygens (including phenoxy) is 1. The number of hydrogen-bond donors (Lipinski definition) is 2. The first-order valence-electron chi connectivity index (χ1n) is 6.64. The molecule has 0 aliphatic heterocycles. The molecule has 0 fully saturated rings. The van der Waals surface area contributed by atoms with Gasteiger partial charge < -0.3 is 15.8 Å². The van der Waals surface area contributed by atoms with E-state index in [1.165, 1.54) is 0 Å². The fourth-order valence-corrected chi connectivity index (χ4v) is 1.88. The maximum absolute atomic E-state index is 5.86. The van der Waals surface area contributed by atoms with E-state index in [-0.39, 0.29) is 6.04 Å². The minimum Gasteiger partial charge on any atom is -0.385 e. The number of aromatic nitrogens is 2. The maximum atomic E-state index is 5.86. The Morgan fingerprint density at radius 3 is 2.70 bits per heavy atom. The van der Waals surface area contributed by atoms with Gasteiger partial charge >= 0.3 is 0 Å². The van der Waals surface area contributed by atoms with Crippen molar-refractivity contribution in [3.8, 4) is 11.4 Å². The van der Waals surface area contributed by atoms with Crippen molar-refractivity contribution in [3.63, 3.8) is 0 Å². The first-order chi connectivity index (χ1) is 9.69.